The molecule has 0 aliphatic rings. The maximum atomic E-state index is 4.73. The van der Waals surface area contributed by atoms with Gasteiger partial charge in [0.15, 0.2) is 0 Å². The van der Waals surface area contributed by atoms with Gasteiger partial charge in [-0.15, -0.1) is 0 Å². The second-order valence-electron chi connectivity index (χ2n) is 0.493. The Balaban J connectivity index is 0. The molecule has 0 saturated heterocycles. The first-order chi connectivity index (χ1) is 2.91. The van der Waals surface area contributed by atoms with Crippen LogP contribution in [0.1, 0.15) is 0 Å². The summed E-state index contributed by atoms with van der Waals surface area (Å²) in [6.07, 6.45) is 1.94. The molecule has 0 fully saturated rings. The average Bonchev–Trinajstić information content (AvgIpc) is 1.72. The molecule has 0 unspecified atom stereocenters. The van der Waals surface area contributed by atoms with Crippen LogP contribution in [0.3, 0.4) is 0 Å². The van der Waals surface area contributed by atoms with Crippen LogP contribution in [-0.2, 0) is 0 Å². The van der Waals surface area contributed by atoms with Crippen LogP contribution in [0, 0.1) is 0 Å². The van der Waals surface area contributed by atoms with Gasteiger partial charge >= 0.3 is 72.7 Å². The summed E-state index contributed by atoms with van der Waals surface area (Å²) in [4.78, 5) is 0. The first-order valence-electron chi connectivity index (χ1n) is 1.36. The number of hydrogen-bond acceptors (Lipinski definition) is 0. The van der Waals surface area contributed by atoms with Crippen molar-refractivity contribution in [3.05, 3.63) is 12.7 Å². The first kappa shape index (κ1) is 10.7. The molecular formula is C3H5ClPbSn. The summed E-state index contributed by atoms with van der Waals surface area (Å²) in [5.41, 5.74) is 0. The fourth-order valence-electron chi connectivity index (χ4n) is 0. The van der Waals surface area contributed by atoms with Gasteiger partial charge in [0.1, 0.15) is 0 Å². The van der Waals surface area contributed by atoms with Gasteiger partial charge in [0.25, 0.3) is 0 Å². The summed E-state index contributed by atoms with van der Waals surface area (Å²) < 4.78 is 1.22. The van der Waals surface area contributed by atoms with Gasteiger partial charge in [-0.2, -0.15) is 0 Å². The SMILES string of the molecule is C=C[CH2][Pb].[Cl][Sn]. The van der Waals surface area contributed by atoms with Gasteiger partial charge in [-0.05, 0) is 0 Å². The van der Waals surface area contributed by atoms with Crippen molar-refractivity contribution in [2.45, 2.75) is 3.98 Å². The number of hydrogen-bond donors (Lipinski definition) is 0. The molecule has 6 heavy (non-hydrogen) atoms. The van der Waals surface area contributed by atoms with Crippen LogP contribution < -0.4 is 0 Å². The zero-order valence-electron chi connectivity index (χ0n) is 3.37. The van der Waals surface area contributed by atoms with Gasteiger partial charge in [0, 0.05) is 0 Å². The molecule has 0 aliphatic carbocycles. The molecule has 6 radical (unpaired) electrons. The van der Waals surface area contributed by atoms with Crippen LogP contribution in [0.2, 0.25) is 3.98 Å². The monoisotopic (exact) mass is 404 g/mol. The molecule has 0 N–H and O–H groups in total. The quantitative estimate of drug-likeness (QED) is 0.455. The molecule has 0 spiro atoms. The summed E-state index contributed by atoms with van der Waals surface area (Å²) in [5, 5.41) is 0. The number of rotatable bonds is 1. The van der Waals surface area contributed by atoms with E-state index in [2.05, 4.69) is 6.58 Å². The summed E-state index contributed by atoms with van der Waals surface area (Å²) >= 11 is 2.29. The van der Waals surface area contributed by atoms with Crippen molar-refractivity contribution in [3.63, 3.8) is 0 Å². The molecule has 0 aliphatic heterocycles. The second kappa shape index (κ2) is 15.9. The van der Waals surface area contributed by atoms with Crippen molar-refractivity contribution < 1.29 is 0 Å². The zero-order valence-corrected chi connectivity index (χ0v) is 10.9. The Morgan fingerprint density at radius 3 is 2.00 bits per heavy atom. The first-order valence-corrected chi connectivity index (χ1v) is 7.72. The number of halogens is 1. The molecular weight excluding hydrogens is 397 g/mol. The summed E-state index contributed by atoms with van der Waals surface area (Å²) in [5.74, 6) is 0. The second-order valence-corrected chi connectivity index (χ2v) is 2.08. The molecule has 0 saturated carbocycles. The third-order valence-corrected chi connectivity index (χ3v) is 1.27. The molecule has 0 amide bonds. The van der Waals surface area contributed by atoms with Crippen LogP contribution in [0.25, 0.3) is 0 Å². The van der Waals surface area contributed by atoms with Crippen molar-refractivity contribution >= 4 is 56.1 Å². The topological polar surface area (TPSA) is 0 Å². The summed E-state index contributed by atoms with van der Waals surface area (Å²) in [6.45, 7) is 3.51. The van der Waals surface area contributed by atoms with Crippen LogP contribution in [0.15, 0.2) is 12.7 Å². The molecule has 0 nitrogen and oxygen atoms in total. The third-order valence-electron chi connectivity index (χ3n) is 0.144. The van der Waals surface area contributed by atoms with E-state index in [0.717, 1.165) is 21.4 Å². The molecule has 32 valence electrons. The average molecular weight is 402 g/mol. The molecule has 0 aromatic carbocycles. The number of allylic oxidation sites excluding steroid dienone is 1. The van der Waals surface area contributed by atoms with Crippen LogP contribution in [0.4, 0.5) is 0 Å². The third kappa shape index (κ3) is 17.2. The normalized spacial score (nSPS) is 5.17. The van der Waals surface area contributed by atoms with E-state index in [9.17, 15) is 0 Å². The zero-order chi connectivity index (χ0) is 5.41. The van der Waals surface area contributed by atoms with Crippen molar-refractivity contribution in [2.24, 2.45) is 0 Å². The molecule has 0 rings (SSSR count). The Kier molecular flexibility index (Phi) is 28.2. The predicted octanol–water partition coefficient (Wildman–Crippen LogP) is 1.07. The standard InChI is InChI=1S/C3H5.ClH.Pb.Sn/c1-3-2;;;/h3H,1-2H2;1H;;/q;;;+1/p-1. The van der Waals surface area contributed by atoms with Crippen LogP contribution >= 0.6 is 8.92 Å². The molecule has 3 heteroatoms. The van der Waals surface area contributed by atoms with Crippen molar-refractivity contribution in [2.75, 3.05) is 0 Å². The van der Waals surface area contributed by atoms with Gasteiger partial charge in [-0.25, -0.2) is 0 Å². The van der Waals surface area contributed by atoms with E-state index in [4.69, 9.17) is 8.92 Å². The van der Waals surface area contributed by atoms with Crippen LogP contribution in [0.5, 0.6) is 0 Å². The van der Waals surface area contributed by atoms with Gasteiger partial charge in [0.05, 0.1) is 0 Å². The maximum absolute atomic E-state index is 4.73. The molecule has 0 aromatic rings. The van der Waals surface area contributed by atoms with Crippen LogP contribution in [-0.4, -0.2) is 47.2 Å². The fourth-order valence-corrected chi connectivity index (χ4v) is 0. The Morgan fingerprint density at radius 2 is 2.00 bits per heavy atom. The predicted molar refractivity (Wildman–Crippen MR) is 32.4 cm³/mol. The minimum atomic E-state index is 1.02. The van der Waals surface area contributed by atoms with E-state index in [-0.39, 0.29) is 0 Å². The van der Waals surface area contributed by atoms with Gasteiger partial charge in [0.2, 0.25) is 0 Å². The Bertz CT molecular complexity index is 24.8. The van der Waals surface area contributed by atoms with E-state index in [0.29, 0.717) is 0 Å². The Labute approximate surface area is 71.8 Å². The molecule has 0 bridgehead atoms. The Hall–Kier alpha value is 1.75. The van der Waals surface area contributed by atoms with Gasteiger partial charge in [-0.1, -0.05) is 0 Å². The fraction of sp³-hybridized carbons (Fsp3) is 0.333. The van der Waals surface area contributed by atoms with Crippen molar-refractivity contribution in [1.82, 2.24) is 0 Å². The van der Waals surface area contributed by atoms with Crippen molar-refractivity contribution in [1.29, 1.82) is 0 Å². The summed E-state index contributed by atoms with van der Waals surface area (Å²) in [7, 11) is 4.73. The van der Waals surface area contributed by atoms with E-state index in [1.807, 2.05) is 6.08 Å². The molecule has 0 atom stereocenters. The summed E-state index contributed by atoms with van der Waals surface area (Å²) in [6, 6.07) is 0. The van der Waals surface area contributed by atoms with E-state index >= 15 is 0 Å². The van der Waals surface area contributed by atoms with E-state index in [1.165, 1.54) is 29.7 Å². The molecule has 0 heterocycles. The molecule has 0 aromatic heterocycles. The van der Waals surface area contributed by atoms with E-state index in [1.54, 1.807) is 0 Å². The van der Waals surface area contributed by atoms with Gasteiger partial charge in [-0.3, -0.25) is 0 Å². The van der Waals surface area contributed by atoms with Crippen molar-refractivity contribution in [3.8, 4) is 0 Å². The van der Waals surface area contributed by atoms with E-state index < -0.39 is 0 Å². The van der Waals surface area contributed by atoms with Gasteiger partial charge < -0.3 is 0 Å². The minimum absolute atomic E-state index is 1.02. The Morgan fingerprint density at radius 1 is 1.83 bits per heavy atom.